The van der Waals surface area contributed by atoms with Gasteiger partial charge in [0, 0.05) is 22.7 Å². The van der Waals surface area contributed by atoms with Crippen molar-refractivity contribution in [3.63, 3.8) is 0 Å². The van der Waals surface area contributed by atoms with Crippen LogP contribution in [0.3, 0.4) is 0 Å². The molecule has 2 atom stereocenters. The number of hydrogen-bond donors (Lipinski definition) is 2. The molecule has 4 heteroatoms. The number of nitrogens with one attached hydrogen (secondary N) is 1. The van der Waals surface area contributed by atoms with Crippen molar-refractivity contribution in [3.05, 3.63) is 65.7 Å². The van der Waals surface area contributed by atoms with E-state index in [-0.39, 0.29) is 23.8 Å². The van der Waals surface area contributed by atoms with Gasteiger partial charge in [-0.1, -0.05) is 56.3 Å². The van der Waals surface area contributed by atoms with Gasteiger partial charge in [0.15, 0.2) is 11.8 Å². The summed E-state index contributed by atoms with van der Waals surface area (Å²) in [5.41, 5.74) is 2.47. The monoisotopic (exact) mass is 339 g/mol. The highest BCUT2D eigenvalue weighted by Crippen LogP contribution is 2.17. The molecule has 0 heterocycles. The maximum Gasteiger partial charge on any atom is 0.282 e. The summed E-state index contributed by atoms with van der Waals surface area (Å²) in [5.74, 6) is 0.320. The third-order valence-electron chi connectivity index (χ3n) is 4.35. The molecule has 0 radical (unpaired) electrons. The summed E-state index contributed by atoms with van der Waals surface area (Å²) in [6, 6.07) is 17.3. The van der Waals surface area contributed by atoms with Crippen molar-refractivity contribution >= 4 is 17.4 Å². The molecule has 0 bridgehead atoms. The average Bonchev–Trinajstić information content (AvgIpc) is 2.60. The molecule has 2 aromatic carbocycles. The minimum absolute atomic E-state index is 0.0142. The highest BCUT2D eigenvalue weighted by molar-refractivity contribution is 5.97. The van der Waals surface area contributed by atoms with Gasteiger partial charge in [-0.15, -0.1) is 0 Å². The zero-order valence-corrected chi connectivity index (χ0v) is 15.3. The van der Waals surface area contributed by atoms with E-state index in [4.69, 9.17) is 0 Å². The zero-order chi connectivity index (χ0) is 18.4. The normalized spacial score (nSPS) is 13.3. The molecule has 0 saturated carbocycles. The molecular formula is C21H27N2O2+. The van der Waals surface area contributed by atoms with Crippen LogP contribution < -0.4 is 10.6 Å². The van der Waals surface area contributed by atoms with Crippen molar-refractivity contribution in [1.82, 2.24) is 0 Å². The van der Waals surface area contributed by atoms with Crippen LogP contribution in [-0.4, -0.2) is 17.7 Å². The number of ketones is 1. The molecule has 2 aromatic rings. The van der Waals surface area contributed by atoms with E-state index in [1.54, 1.807) is 24.3 Å². The molecule has 0 saturated heterocycles. The topological polar surface area (TPSA) is 62.8 Å². The van der Waals surface area contributed by atoms with E-state index >= 15 is 0 Å². The first-order chi connectivity index (χ1) is 11.9. The van der Waals surface area contributed by atoms with Crippen LogP contribution in [0.4, 0.5) is 5.69 Å². The van der Waals surface area contributed by atoms with E-state index in [0.717, 1.165) is 0 Å². The number of quaternary nitrogens is 1. The maximum atomic E-state index is 12.6. The summed E-state index contributed by atoms with van der Waals surface area (Å²) in [6.07, 6.45) is 0. The van der Waals surface area contributed by atoms with Crippen LogP contribution >= 0.6 is 0 Å². The summed E-state index contributed by atoms with van der Waals surface area (Å²) in [4.78, 5) is 24.0. The number of anilines is 1. The molecule has 2 rings (SSSR count). The highest BCUT2D eigenvalue weighted by Gasteiger charge is 2.25. The fourth-order valence-electron chi connectivity index (χ4n) is 2.86. The summed E-state index contributed by atoms with van der Waals surface area (Å²) in [5, 5.41) is 5.01. The third kappa shape index (κ3) is 5.26. The van der Waals surface area contributed by atoms with E-state index in [0.29, 0.717) is 17.2 Å². The van der Waals surface area contributed by atoms with Crippen molar-refractivity contribution in [2.45, 2.75) is 39.8 Å². The van der Waals surface area contributed by atoms with Crippen LogP contribution in [0, 0.1) is 5.92 Å². The molecule has 1 amide bonds. The molecule has 3 N–H and O–H groups in total. The number of hydrogen-bond acceptors (Lipinski definition) is 2. The summed E-state index contributed by atoms with van der Waals surface area (Å²) in [6.45, 7) is 7.75. The molecule has 0 fully saturated rings. The fraction of sp³-hybridized carbons (Fsp3) is 0.333. The Kier molecular flexibility index (Phi) is 6.48. The SMILES string of the molecule is CC(=O)c1cccc(NC(=O)[C@H](C)[NH2+][C@H](c2ccccc2)C(C)C)c1. The molecule has 4 nitrogen and oxygen atoms in total. The van der Waals surface area contributed by atoms with Crippen molar-refractivity contribution in [1.29, 1.82) is 0 Å². The molecule has 0 spiro atoms. The Hall–Kier alpha value is -2.46. The first kappa shape index (κ1) is 18.9. The second-order valence-electron chi connectivity index (χ2n) is 6.79. The molecule has 0 aliphatic heterocycles. The van der Waals surface area contributed by atoms with Crippen molar-refractivity contribution in [2.75, 3.05) is 5.32 Å². The van der Waals surface area contributed by atoms with Crippen LogP contribution in [0.1, 0.15) is 49.7 Å². The lowest BCUT2D eigenvalue weighted by atomic mass is 9.95. The van der Waals surface area contributed by atoms with Gasteiger partial charge in [0.2, 0.25) is 0 Å². The van der Waals surface area contributed by atoms with Gasteiger partial charge in [-0.05, 0) is 26.0 Å². The Morgan fingerprint density at radius 1 is 0.960 bits per heavy atom. The summed E-state index contributed by atoms with van der Waals surface area (Å²) in [7, 11) is 0. The Morgan fingerprint density at radius 3 is 2.24 bits per heavy atom. The first-order valence-electron chi connectivity index (χ1n) is 8.70. The Bertz CT molecular complexity index is 726. The Labute approximate surface area is 149 Å². The maximum absolute atomic E-state index is 12.6. The number of amides is 1. The molecular weight excluding hydrogens is 312 g/mol. The van der Waals surface area contributed by atoms with E-state index in [1.165, 1.54) is 12.5 Å². The van der Waals surface area contributed by atoms with Gasteiger partial charge in [-0.25, -0.2) is 0 Å². The second kappa shape index (κ2) is 8.58. The Balaban J connectivity index is 2.06. The average molecular weight is 339 g/mol. The molecule has 0 aliphatic carbocycles. The lowest BCUT2D eigenvalue weighted by molar-refractivity contribution is -0.718. The standard InChI is InChI=1S/C21H26N2O2/c1-14(2)20(17-9-6-5-7-10-17)22-15(3)21(25)23-19-12-8-11-18(13-19)16(4)24/h5-15,20,22H,1-4H3,(H,23,25)/p+1/t15-,20-/m0/s1. The molecule has 0 aromatic heterocycles. The molecule has 25 heavy (non-hydrogen) atoms. The van der Waals surface area contributed by atoms with Crippen molar-refractivity contribution in [3.8, 4) is 0 Å². The zero-order valence-electron chi connectivity index (χ0n) is 15.3. The number of nitrogens with two attached hydrogens (primary N) is 1. The number of carbonyl (C=O) groups excluding carboxylic acids is 2. The lowest BCUT2D eigenvalue weighted by Gasteiger charge is -2.23. The number of carbonyl (C=O) groups is 2. The lowest BCUT2D eigenvalue weighted by Crippen LogP contribution is -2.93. The predicted octanol–water partition coefficient (Wildman–Crippen LogP) is 3.18. The fourth-order valence-corrected chi connectivity index (χ4v) is 2.86. The largest absolute Gasteiger partial charge is 0.330 e. The van der Waals surface area contributed by atoms with Crippen LogP contribution in [0.25, 0.3) is 0 Å². The minimum Gasteiger partial charge on any atom is -0.330 e. The van der Waals surface area contributed by atoms with Crippen molar-refractivity contribution < 1.29 is 14.9 Å². The Morgan fingerprint density at radius 2 is 1.64 bits per heavy atom. The smallest absolute Gasteiger partial charge is 0.282 e. The van der Waals surface area contributed by atoms with Crippen LogP contribution in [0.2, 0.25) is 0 Å². The number of benzene rings is 2. The van der Waals surface area contributed by atoms with E-state index < -0.39 is 0 Å². The van der Waals surface area contributed by atoms with Gasteiger partial charge in [0.1, 0.15) is 6.04 Å². The first-order valence-corrected chi connectivity index (χ1v) is 8.70. The number of Topliss-reactive ketones (excluding diaryl/α,β-unsaturated/α-hetero) is 1. The van der Waals surface area contributed by atoms with Gasteiger partial charge < -0.3 is 10.6 Å². The van der Waals surface area contributed by atoms with Gasteiger partial charge in [-0.3, -0.25) is 9.59 Å². The molecule has 0 aliphatic rings. The van der Waals surface area contributed by atoms with E-state index in [1.807, 2.05) is 25.1 Å². The second-order valence-corrected chi connectivity index (χ2v) is 6.79. The van der Waals surface area contributed by atoms with Gasteiger partial charge in [0.25, 0.3) is 5.91 Å². The minimum atomic E-state index is -0.242. The van der Waals surface area contributed by atoms with E-state index in [9.17, 15) is 9.59 Å². The van der Waals surface area contributed by atoms with Gasteiger partial charge >= 0.3 is 0 Å². The predicted molar refractivity (Wildman–Crippen MR) is 100 cm³/mol. The quantitative estimate of drug-likeness (QED) is 0.761. The van der Waals surface area contributed by atoms with Crippen LogP contribution in [0.15, 0.2) is 54.6 Å². The summed E-state index contributed by atoms with van der Waals surface area (Å²) >= 11 is 0. The highest BCUT2D eigenvalue weighted by atomic mass is 16.2. The van der Waals surface area contributed by atoms with Crippen molar-refractivity contribution in [2.24, 2.45) is 5.92 Å². The van der Waals surface area contributed by atoms with Gasteiger partial charge in [-0.2, -0.15) is 0 Å². The van der Waals surface area contributed by atoms with E-state index in [2.05, 4.69) is 36.6 Å². The molecule has 0 unspecified atom stereocenters. The number of rotatable bonds is 7. The van der Waals surface area contributed by atoms with Gasteiger partial charge in [0.05, 0.1) is 0 Å². The summed E-state index contributed by atoms with van der Waals surface area (Å²) < 4.78 is 0. The van der Waals surface area contributed by atoms with Crippen LogP contribution in [-0.2, 0) is 4.79 Å². The molecule has 132 valence electrons. The third-order valence-corrected chi connectivity index (χ3v) is 4.35. The van der Waals surface area contributed by atoms with Crippen LogP contribution in [0.5, 0.6) is 0 Å².